The average molecular weight is 508 g/mol. The average Bonchev–Trinajstić information content (AvgIpc) is 3.61. The molecule has 3 N–H and O–H groups in total. The topological polar surface area (TPSA) is 112 Å². The molecule has 184 valence electrons. The van der Waals surface area contributed by atoms with Crippen LogP contribution in [0.5, 0.6) is 0 Å². The molecule has 0 aliphatic heterocycles. The lowest BCUT2D eigenvalue weighted by atomic mass is 9.92. The molecule has 1 amide bonds. The number of hydrogen-bond donors (Lipinski definition) is 3. The van der Waals surface area contributed by atoms with Crippen molar-refractivity contribution in [3.8, 4) is 33.8 Å². The van der Waals surface area contributed by atoms with E-state index >= 15 is 0 Å². The van der Waals surface area contributed by atoms with Gasteiger partial charge in [-0.3, -0.25) is 19.9 Å². The Balaban J connectivity index is 1.36. The van der Waals surface area contributed by atoms with Crippen molar-refractivity contribution in [1.82, 2.24) is 30.1 Å². The van der Waals surface area contributed by atoms with Gasteiger partial charge in [-0.05, 0) is 41.1 Å². The Morgan fingerprint density at radius 1 is 0.973 bits per heavy atom. The van der Waals surface area contributed by atoms with Crippen LogP contribution in [0, 0.1) is 5.41 Å². The van der Waals surface area contributed by atoms with E-state index in [1.54, 1.807) is 29.9 Å². The Hall–Kier alpha value is -4.37. The van der Waals surface area contributed by atoms with E-state index in [1.165, 1.54) is 0 Å². The summed E-state index contributed by atoms with van der Waals surface area (Å²) in [6.07, 6.45) is 7.45. The summed E-state index contributed by atoms with van der Waals surface area (Å²) in [6.45, 7) is 6.12. The molecule has 0 atom stereocenters. The number of rotatable bonds is 5. The number of thiophene rings is 1. The smallest absolute Gasteiger partial charge is 0.224 e. The van der Waals surface area contributed by atoms with E-state index in [-0.39, 0.29) is 11.3 Å². The number of fused-ring (bicyclic) bond motifs is 2. The van der Waals surface area contributed by atoms with Crippen LogP contribution in [0.2, 0.25) is 0 Å². The summed E-state index contributed by atoms with van der Waals surface area (Å²) in [5, 5.41) is 16.7. The fraction of sp³-hybridized carbons (Fsp3) is 0.179. The van der Waals surface area contributed by atoms with Crippen molar-refractivity contribution in [3.05, 3.63) is 65.9 Å². The minimum Gasteiger partial charge on any atom is -0.353 e. The van der Waals surface area contributed by atoms with Crippen molar-refractivity contribution in [2.45, 2.75) is 27.2 Å². The van der Waals surface area contributed by atoms with Crippen LogP contribution in [-0.4, -0.2) is 36.0 Å². The van der Waals surface area contributed by atoms with E-state index in [1.807, 2.05) is 45.2 Å². The van der Waals surface area contributed by atoms with Gasteiger partial charge in [-0.2, -0.15) is 16.4 Å². The molecule has 0 saturated heterocycles. The highest BCUT2D eigenvalue weighted by Gasteiger charge is 2.18. The summed E-state index contributed by atoms with van der Waals surface area (Å²) < 4.78 is 0. The van der Waals surface area contributed by atoms with Gasteiger partial charge in [-0.15, -0.1) is 0 Å². The second kappa shape index (κ2) is 8.94. The standard InChI is InChI=1S/C28H25N7OS/c1-28(2,3)11-24(36)32-19-8-17(12-29-14-19)18-9-21-26(34-35-27(21)31-13-18)23-10-20-22(33-23)4-6-30-25(20)16-5-7-37-15-16/h4-10,12-15,33H,11H2,1-3H3,(H,32,36)(H,31,34,35). The van der Waals surface area contributed by atoms with Crippen molar-refractivity contribution in [1.29, 1.82) is 0 Å². The molecule has 0 aromatic carbocycles. The molecule has 0 radical (unpaired) electrons. The second-order valence-corrected chi connectivity index (χ2v) is 11.0. The number of carbonyl (C=O) groups is 1. The molecule has 6 aromatic rings. The molecule has 9 heteroatoms. The molecule has 0 aliphatic carbocycles. The first-order valence-corrected chi connectivity index (χ1v) is 12.9. The molecule has 37 heavy (non-hydrogen) atoms. The molecule has 8 nitrogen and oxygen atoms in total. The van der Waals surface area contributed by atoms with Gasteiger partial charge in [0.25, 0.3) is 0 Å². The maximum atomic E-state index is 12.4. The minimum atomic E-state index is -0.0923. The normalized spacial score (nSPS) is 11.9. The van der Waals surface area contributed by atoms with Gasteiger partial charge < -0.3 is 10.3 Å². The summed E-state index contributed by atoms with van der Waals surface area (Å²) in [7, 11) is 0. The molecule has 0 unspecified atom stereocenters. The lowest BCUT2D eigenvalue weighted by Crippen LogP contribution is -2.19. The Morgan fingerprint density at radius 3 is 2.65 bits per heavy atom. The predicted octanol–water partition coefficient (Wildman–Crippen LogP) is 6.67. The van der Waals surface area contributed by atoms with Gasteiger partial charge in [-0.25, -0.2) is 4.98 Å². The molecule has 6 rings (SSSR count). The molecular formula is C28H25N7OS. The van der Waals surface area contributed by atoms with Crippen molar-refractivity contribution >= 4 is 44.9 Å². The highest BCUT2D eigenvalue weighted by Crippen LogP contribution is 2.34. The Labute approximate surface area is 217 Å². The Morgan fingerprint density at radius 2 is 1.84 bits per heavy atom. The zero-order valence-electron chi connectivity index (χ0n) is 20.7. The quantitative estimate of drug-likeness (QED) is 0.241. The van der Waals surface area contributed by atoms with Crippen LogP contribution in [0.1, 0.15) is 27.2 Å². The highest BCUT2D eigenvalue weighted by atomic mass is 32.1. The number of amides is 1. The number of carbonyl (C=O) groups excluding carboxylic acids is 1. The van der Waals surface area contributed by atoms with Crippen LogP contribution in [-0.2, 0) is 4.79 Å². The molecule has 0 fully saturated rings. The number of pyridine rings is 3. The number of hydrogen-bond acceptors (Lipinski definition) is 6. The molecule has 0 spiro atoms. The molecular weight excluding hydrogens is 482 g/mol. The highest BCUT2D eigenvalue weighted by molar-refractivity contribution is 7.08. The Kier molecular flexibility index (Phi) is 5.57. The van der Waals surface area contributed by atoms with Crippen LogP contribution in [0.15, 0.2) is 65.9 Å². The number of anilines is 1. The van der Waals surface area contributed by atoms with Crippen LogP contribution < -0.4 is 5.32 Å². The van der Waals surface area contributed by atoms with Gasteiger partial charge in [0.05, 0.1) is 23.3 Å². The van der Waals surface area contributed by atoms with Crippen molar-refractivity contribution in [3.63, 3.8) is 0 Å². The largest absolute Gasteiger partial charge is 0.353 e. The van der Waals surface area contributed by atoms with E-state index in [2.05, 4.69) is 58.3 Å². The van der Waals surface area contributed by atoms with Gasteiger partial charge in [0.15, 0.2) is 5.65 Å². The number of H-pyrrole nitrogens is 2. The summed E-state index contributed by atoms with van der Waals surface area (Å²) in [5.41, 5.74) is 7.68. The molecule has 6 heterocycles. The number of aromatic nitrogens is 6. The third kappa shape index (κ3) is 4.61. The van der Waals surface area contributed by atoms with Gasteiger partial charge in [0.1, 0.15) is 5.69 Å². The number of nitrogens with zero attached hydrogens (tertiary/aromatic N) is 4. The zero-order chi connectivity index (χ0) is 25.6. The van der Waals surface area contributed by atoms with Gasteiger partial charge >= 0.3 is 0 Å². The molecule has 0 bridgehead atoms. The van der Waals surface area contributed by atoms with E-state index in [0.29, 0.717) is 17.8 Å². The fourth-order valence-corrected chi connectivity index (χ4v) is 5.07. The SMILES string of the molecule is CC(C)(C)CC(=O)Nc1cncc(-c2cnc3[nH]nc(-c4cc5c(-c6ccsc6)nccc5[nH]4)c3c2)c1. The third-order valence-electron chi connectivity index (χ3n) is 6.06. The number of nitrogens with one attached hydrogen (secondary N) is 3. The van der Waals surface area contributed by atoms with Gasteiger partial charge in [0, 0.05) is 63.4 Å². The Bertz CT molecular complexity index is 1740. The first-order chi connectivity index (χ1) is 17.8. The van der Waals surface area contributed by atoms with Gasteiger partial charge in [0.2, 0.25) is 5.91 Å². The van der Waals surface area contributed by atoms with Crippen molar-refractivity contribution < 1.29 is 4.79 Å². The van der Waals surface area contributed by atoms with E-state index in [0.717, 1.165) is 50.1 Å². The number of aromatic amines is 2. The summed E-state index contributed by atoms with van der Waals surface area (Å²) >= 11 is 1.65. The lowest BCUT2D eigenvalue weighted by molar-refractivity contribution is -0.117. The van der Waals surface area contributed by atoms with E-state index < -0.39 is 0 Å². The summed E-state index contributed by atoms with van der Waals surface area (Å²) in [6, 6.07) is 10.1. The van der Waals surface area contributed by atoms with Gasteiger partial charge in [-0.1, -0.05) is 20.8 Å². The van der Waals surface area contributed by atoms with Crippen LogP contribution in [0.4, 0.5) is 5.69 Å². The van der Waals surface area contributed by atoms with Crippen molar-refractivity contribution in [2.24, 2.45) is 5.41 Å². The first-order valence-electron chi connectivity index (χ1n) is 11.9. The minimum absolute atomic E-state index is 0.0349. The van der Waals surface area contributed by atoms with Crippen LogP contribution in [0.3, 0.4) is 0 Å². The van der Waals surface area contributed by atoms with Crippen LogP contribution in [0.25, 0.3) is 55.7 Å². The fourth-order valence-electron chi connectivity index (χ4n) is 4.43. The maximum Gasteiger partial charge on any atom is 0.224 e. The van der Waals surface area contributed by atoms with Crippen molar-refractivity contribution in [2.75, 3.05) is 5.32 Å². The second-order valence-electron chi connectivity index (χ2n) is 10.3. The third-order valence-corrected chi connectivity index (χ3v) is 6.74. The van der Waals surface area contributed by atoms with E-state index in [9.17, 15) is 4.79 Å². The lowest BCUT2D eigenvalue weighted by Gasteiger charge is -2.17. The van der Waals surface area contributed by atoms with E-state index in [4.69, 9.17) is 0 Å². The summed E-state index contributed by atoms with van der Waals surface area (Å²) in [5.74, 6) is -0.0349. The molecule has 0 aliphatic rings. The molecule has 0 saturated carbocycles. The van der Waals surface area contributed by atoms with Crippen LogP contribution >= 0.6 is 11.3 Å². The predicted molar refractivity (Wildman–Crippen MR) is 148 cm³/mol. The molecule has 6 aromatic heterocycles. The zero-order valence-corrected chi connectivity index (χ0v) is 21.5. The first kappa shape index (κ1) is 23.1. The summed E-state index contributed by atoms with van der Waals surface area (Å²) in [4.78, 5) is 29.5. The monoisotopic (exact) mass is 507 g/mol. The maximum absolute atomic E-state index is 12.4.